The second-order valence-corrected chi connectivity index (χ2v) is 10.8. The number of thioether (sulfide) groups is 1. The fourth-order valence-corrected chi connectivity index (χ4v) is 6.25. The van der Waals surface area contributed by atoms with Gasteiger partial charge in [0.25, 0.3) is 0 Å². The zero-order chi connectivity index (χ0) is 18.4. The molecular weight excluding hydrogens is 380 g/mol. The molecular formula is C15H24N4O3S3. The number of hydrogen-bond acceptors (Lipinski definition) is 9. The average molecular weight is 405 g/mol. The normalized spacial score (nSPS) is 30.4. The molecule has 0 radical (unpaired) electrons. The third-order valence-electron chi connectivity index (χ3n) is 3.85. The van der Waals surface area contributed by atoms with Gasteiger partial charge in [0, 0.05) is 11.5 Å². The molecule has 3 heterocycles. The van der Waals surface area contributed by atoms with Gasteiger partial charge in [0.15, 0.2) is 0 Å². The van der Waals surface area contributed by atoms with Gasteiger partial charge in [0.05, 0.1) is 12.0 Å². The lowest BCUT2D eigenvalue weighted by Gasteiger charge is -2.48. The van der Waals surface area contributed by atoms with Crippen LogP contribution in [-0.4, -0.2) is 61.1 Å². The van der Waals surface area contributed by atoms with Crippen molar-refractivity contribution in [2.24, 2.45) is 5.73 Å². The number of carbonyl (C=O) groups excluding carboxylic acids is 2. The van der Waals surface area contributed by atoms with Crippen molar-refractivity contribution in [2.75, 3.05) is 18.2 Å². The van der Waals surface area contributed by atoms with Gasteiger partial charge in [-0.25, -0.2) is 4.79 Å². The van der Waals surface area contributed by atoms with Gasteiger partial charge in [-0.1, -0.05) is 11.9 Å². The first-order valence-electron chi connectivity index (χ1n) is 8.13. The van der Waals surface area contributed by atoms with E-state index in [2.05, 4.69) is 16.0 Å². The number of hydrogen-bond donors (Lipinski definition) is 2. The first-order valence-corrected chi connectivity index (χ1v) is 11.0. The van der Waals surface area contributed by atoms with E-state index < -0.39 is 17.6 Å². The molecule has 3 aliphatic rings. The predicted octanol–water partition coefficient (Wildman–Crippen LogP) is 1.33. The van der Waals surface area contributed by atoms with E-state index in [1.807, 2.05) is 20.8 Å². The minimum absolute atomic E-state index is 0.161. The van der Waals surface area contributed by atoms with E-state index in [0.29, 0.717) is 22.6 Å². The molecule has 2 fully saturated rings. The third-order valence-corrected chi connectivity index (χ3v) is 7.52. The molecule has 140 valence electrons. The molecule has 3 atom stereocenters. The Labute approximate surface area is 161 Å². The van der Waals surface area contributed by atoms with Crippen LogP contribution in [-0.2, 0) is 14.3 Å². The van der Waals surface area contributed by atoms with Gasteiger partial charge < -0.3 is 10.5 Å². The summed E-state index contributed by atoms with van der Waals surface area (Å²) in [4.78, 5) is 26.5. The number of nitrogens with one attached hydrogen (secondary N) is 1. The topological polar surface area (TPSA) is 87.9 Å². The van der Waals surface area contributed by atoms with Gasteiger partial charge in [-0.05, 0) is 45.2 Å². The summed E-state index contributed by atoms with van der Waals surface area (Å²) in [5.74, 6) is 0.695. The monoisotopic (exact) mass is 404 g/mol. The molecule has 3 rings (SSSR count). The smallest absolute Gasteiger partial charge is 0.355 e. The molecule has 2 unspecified atom stereocenters. The molecule has 3 aliphatic heterocycles. The molecule has 0 bridgehead atoms. The lowest BCUT2D eigenvalue weighted by atomic mass is 10.0. The zero-order valence-electron chi connectivity index (χ0n) is 14.8. The van der Waals surface area contributed by atoms with Crippen molar-refractivity contribution in [1.29, 1.82) is 0 Å². The standard InChI is InChI=1S/C15H24N4O3S3/c1-8-17-7-18(25-8)24-6-9-5-23-13-10(16)12(20)19(13)11(9)14(21)22-15(2,3)4/h8,10,13,17H,5-7,16H2,1-4H3/t8?,10?,13-/m1/s1. The van der Waals surface area contributed by atoms with Crippen molar-refractivity contribution < 1.29 is 14.3 Å². The Morgan fingerprint density at radius 3 is 2.80 bits per heavy atom. The Bertz CT molecular complexity index is 607. The van der Waals surface area contributed by atoms with Crippen LogP contribution in [0.4, 0.5) is 0 Å². The summed E-state index contributed by atoms with van der Waals surface area (Å²) >= 11 is 4.99. The maximum Gasteiger partial charge on any atom is 0.355 e. The number of fused-ring (bicyclic) bond motifs is 1. The summed E-state index contributed by atoms with van der Waals surface area (Å²) in [6, 6.07) is -0.532. The zero-order valence-corrected chi connectivity index (χ0v) is 17.2. The molecule has 0 aromatic carbocycles. The highest BCUT2D eigenvalue weighted by Gasteiger charge is 2.52. The van der Waals surface area contributed by atoms with Crippen LogP contribution in [0.15, 0.2) is 11.3 Å². The van der Waals surface area contributed by atoms with Crippen LogP contribution in [0.2, 0.25) is 0 Å². The summed E-state index contributed by atoms with van der Waals surface area (Å²) in [6.07, 6.45) is 0. The van der Waals surface area contributed by atoms with Crippen LogP contribution in [0, 0.1) is 0 Å². The number of amides is 1. The SMILES string of the molecule is CC1NCN(SCC2=C(C(=O)OC(C)(C)C)N3C(=O)C(N)[C@H]3SC2)S1. The molecule has 2 saturated heterocycles. The lowest BCUT2D eigenvalue weighted by molar-refractivity contribution is -0.157. The average Bonchev–Trinajstić information content (AvgIpc) is 2.95. The predicted molar refractivity (Wildman–Crippen MR) is 103 cm³/mol. The minimum atomic E-state index is -0.609. The number of rotatable bonds is 4. The second kappa shape index (κ2) is 7.32. The molecule has 0 aromatic rings. The molecule has 0 saturated carbocycles. The Hall–Kier alpha value is -0.390. The molecule has 25 heavy (non-hydrogen) atoms. The van der Waals surface area contributed by atoms with Crippen molar-refractivity contribution in [1.82, 2.24) is 13.9 Å². The molecule has 10 heteroatoms. The maximum atomic E-state index is 12.7. The number of nitrogens with two attached hydrogens (primary N) is 1. The molecule has 0 aliphatic carbocycles. The van der Waals surface area contributed by atoms with Gasteiger partial charge >= 0.3 is 5.97 Å². The summed E-state index contributed by atoms with van der Waals surface area (Å²) in [5.41, 5.74) is 6.60. The van der Waals surface area contributed by atoms with Gasteiger partial charge in [0.2, 0.25) is 5.91 Å². The van der Waals surface area contributed by atoms with E-state index in [9.17, 15) is 9.59 Å². The highest BCUT2D eigenvalue weighted by Crippen LogP contribution is 2.41. The first kappa shape index (κ1) is 19.4. The van der Waals surface area contributed by atoms with E-state index in [1.165, 1.54) is 4.90 Å². The third kappa shape index (κ3) is 4.14. The maximum absolute atomic E-state index is 12.7. The summed E-state index contributed by atoms with van der Waals surface area (Å²) < 4.78 is 7.71. The molecule has 3 N–H and O–H groups in total. The van der Waals surface area contributed by atoms with E-state index in [-0.39, 0.29) is 11.3 Å². The number of nitrogens with zero attached hydrogens (tertiary/aromatic N) is 2. The van der Waals surface area contributed by atoms with Crippen molar-refractivity contribution in [3.63, 3.8) is 0 Å². The van der Waals surface area contributed by atoms with Crippen LogP contribution in [0.25, 0.3) is 0 Å². The number of esters is 1. The highest BCUT2D eigenvalue weighted by atomic mass is 32.2. The van der Waals surface area contributed by atoms with Crippen molar-refractivity contribution in [3.8, 4) is 0 Å². The summed E-state index contributed by atoms with van der Waals surface area (Å²) in [5, 5.41) is 3.56. The van der Waals surface area contributed by atoms with Gasteiger partial charge in [-0.15, -0.1) is 11.8 Å². The van der Waals surface area contributed by atoms with E-state index in [1.54, 1.807) is 35.7 Å². The van der Waals surface area contributed by atoms with Gasteiger partial charge in [-0.3, -0.25) is 15.0 Å². The largest absolute Gasteiger partial charge is 0.455 e. The van der Waals surface area contributed by atoms with E-state index >= 15 is 0 Å². The summed E-state index contributed by atoms with van der Waals surface area (Å²) in [7, 11) is 0. The molecule has 0 aromatic heterocycles. The van der Waals surface area contributed by atoms with Crippen LogP contribution >= 0.6 is 35.7 Å². The van der Waals surface area contributed by atoms with Crippen molar-refractivity contribution in [3.05, 3.63) is 11.3 Å². The van der Waals surface area contributed by atoms with Crippen LogP contribution < -0.4 is 11.1 Å². The lowest BCUT2D eigenvalue weighted by Crippen LogP contribution is -2.68. The highest BCUT2D eigenvalue weighted by molar-refractivity contribution is 8.12. The summed E-state index contributed by atoms with van der Waals surface area (Å²) in [6.45, 7) is 8.37. The Kier molecular flexibility index (Phi) is 5.67. The number of β-lactam (4-membered cyclic amide) rings is 1. The fourth-order valence-electron chi connectivity index (χ4n) is 2.69. The Balaban J connectivity index is 1.78. The van der Waals surface area contributed by atoms with Crippen LogP contribution in [0.5, 0.6) is 0 Å². The molecule has 7 nitrogen and oxygen atoms in total. The minimum Gasteiger partial charge on any atom is -0.455 e. The molecule has 1 amide bonds. The van der Waals surface area contributed by atoms with E-state index in [0.717, 1.165) is 12.2 Å². The van der Waals surface area contributed by atoms with Crippen molar-refractivity contribution in [2.45, 2.75) is 50.1 Å². The number of carbonyl (C=O) groups is 2. The Morgan fingerprint density at radius 2 is 2.20 bits per heavy atom. The van der Waals surface area contributed by atoms with Crippen LogP contribution in [0.3, 0.4) is 0 Å². The van der Waals surface area contributed by atoms with Crippen molar-refractivity contribution >= 4 is 47.5 Å². The fraction of sp³-hybridized carbons (Fsp3) is 0.733. The van der Waals surface area contributed by atoms with Gasteiger partial charge in [0.1, 0.15) is 22.7 Å². The Morgan fingerprint density at radius 1 is 1.48 bits per heavy atom. The quantitative estimate of drug-likeness (QED) is 0.409. The number of ether oxygens (including phenoxy) is 1. The van der Waals surface area contributed by atoms with Gasteiger partial charge in [-0.2, -0.15) is 3.71 Å². The molecule has 0 spiro atoms. The van der Waals surface area contributed by atoms with E-state index in [4.69, 9.17) is 10.5 Å². The second-order valence-electron chi connectivity index (χ2n) is 7.11. The van der Waals surface area contributed by atoms with Crippen LogP contribution in [0.1, 0.15) is 27.7 Å². The first-order chi connectivity index (χ1) is 11.7.